The molecule has 0 aromatic rings. The standard InChI is InChI=1S/3B.Nd. The predicted octanol–water partition coefficient (Wildman–Crippen LogP) is -1.14. The largest absolute Gasteiger partial charge is 0 e. The second kappa shape index (κ2) is 23.9. The predicted molar refractivity (Wildman–Crippen MR) is 17.3 cm³/mol. The third kappa shape index (κ3) is 9.62. The van der Waals surface area contributed by atoms with Crippen LogP contribution in [-0.2, 0) is 0 Å². The maximum absolute atomic E-state index is 0. The van der Waals surface area contributed by atoms with E-state index in [4.69, 9.17) is 0 Å². The molecule has 4 heavy (non-hydrogen) atoms. The molecule has 0 fully saturated rings. The minimum absolute atomic E-state index is 0. The van der Waals surface area contributed by atoms with Gasteiger partial charge in [-0.1, -0.05) is 0 Å². The fourth-order valence-corrected chi connectivity index (χ4v) is 0. The van der Waals surface area contributed by atoms with Crippen LogP contribution in [0.15, 0.2) is 0 Å². The van der Waals surface area contributed by atoms with Gasteiger partial charge in [0.25, 0.3) is 0 Å². The molecule has 9 radical (unpaired) electrons. The van der Waals surface area contributed by atoms with Gasteiger partial charge in [0.05, 0.1) is 0 Å². The van der Waals surface area contributed by atoms with Crippen LogP contribution in [0.4, 0.5) is 0 Å². The molecule has 0 unspecified atom stereocenters. The topological polar surface area (TPSA) is 0 Å². The van der Waals surface area contributed by atoms with E-state index in [-0.39, 0.29) is 66.1 Å². The van der Waals surface area contributed by atoms with Crippen molar-refractivity contribution in [3.05, 3.63) is 0 Å². The van der Waals surface area contributed by atoms with Crippen molar-refractivity contribution < 1.29 is 40.8 Å². The third-order valence-corrected chi connectivity index (χ3v) is 0. The summed E-state index contributed by atoms with van der Waals surface area (Å²) in [5.41, 5.74) is 0. The fourth-order valence-electron chi connectivity index (χ4n) is 0. The molecule has 0 saturated heterocycles. The second-order valence-corrected chi connectivity index (χ2v) is 0. The van der Waals surface area contributed by atoms with Crippen molar-refractivity contribution in [2.75, 3.05) is 0 Å². The average molecular weight is 177 g/mol. The molecule has 4 heteroatoms. The Bertz CT molecular complexity index is 3.25. The summed E-state index contributed by atoms with van der Waals surface area (Å²) in [7, 11) is 0. The first-order chi connectivity index (χ1) is 0. The average Bonchev–Trinajstić information content (AvgIpc) is 0. The van der Waals surface area contributed by atoms with Crippen molar-refractivity contribution in [1.82, 2.24) is 0 Å². The number of rotatable bonds is 0. The Morgan fingerprint density at radius 2 is 0.500 bits per heavy atom. The fraction of sp³-hybridized carbons (Fsp3) is 0. The van der Waals surface area contributed by atoms with Gasteiger partial charge in [0.2, 0.25) is 0 Å². The van der Waals surface area contributed by atoms with Crippen LogP contribution in [0.2, 0.25) is 0 Å². The van der Waals surface area contributed by atoms with Crippen LogP contribution in [-0.4, -0.2) is 25.2 Å². The van der Waals surface area contributed by atoms with Gasteiger partial charge in [0, 0.05) is 66.1 Å². The van der Waals surface area contributed by atoms with Crippen molar-refractivity contribution in [3.63, 3.8) is 0 Å². The summed E-state index contributed by atoms with van der Waals surface area (Å²) in [6.45, 7) is 0. The van der Waals surface area contributed by atoms with Gasteiger partial charge in [-0.15, -0.1) is 0 Å². The van der Waals surface area contributed by atoms with E-state index in [0.29, 0.717) is 0 Å². The minimum atomic E-state index is 0. The van der Waals surface area contributed by atoms with E-state index in [1.54, 1.807) is 0 Å². The summed E-state index contributed by atoms with van der Waals surface area (Å²) < 4.78 is 0. The first kappa shape index (κ1) is 48.0. The zero-order valence-corrected chi connectivity index (χ0v) is 5.44. The molecular formula is B3Nd. The van der Waals surface area contributed by atoms with E-state index in [1.165, 1.54) is 0 Å². The van der Waals surface area contributed by atoms with Crippen LogP contribution in [0.3, 0.4) is 0 Å². The molecule has 0 spiro atoms. The summed E-state index contributed by atoms with van der Waals surface area (Å²) in [4.78, 5) is 0. The maximum atomic E-state index is 0. The molecule has 0 aliphatic heterocycles. The van der Waals surface area contributed by atoms with Gasteiger partial charge < -0.3 is 0 Å². The molecule has 0 rings (SSSR count). The van der Waals surface area contributed by atoms with E-state index in [0.717, 1.165) is 0 Å². The zero-order valence-electron chi connectivity index (χ0n) is 2.23. The molecule has 0 saturated carbocycles. The van der Waals surface area contributed by atoms with Crippen LogP contribution in [0.5, 0.6) is 0 Å². The molecule has 0 amide bonds. The normalized spacial score (nSPS) is 0. The Balaban J connectivity index is 0. The van der Waals surface area contributed by atoms with Gasteiger partial charge in [-0.05, 0) is 0 Å². The van der Waals surface area contributed by atoms with Crippen molar-refractivity contribution in [1.29, 1.82) is 0 Å². The summed E-state index contributed by atoms with van der Waals surface area (Å²) in [5, 5.41) is 0. The summed E-state index contributed by atoms with van der Waals surface area (Å²) >= 11 is 0. The Labute approximate surface area is 65.4 Å². The molecule has 13 valence electrons. The molecule has 0 nitrogen and oxygen atoms in total. The second-order valence-electron chi connectivity index (χ2n) is 0. The summed E-state index contributed by atoms with van der Waals surface area (Å²) in [5.74, 6) is 0. The summed E-state index contributed by atoms with van der Waals surface area (Å²) in [6.07, 6.45) is 0. The Hall–Kier alpha value is 1.55. The van der Waals surface area contributed by atoms with Crippen LogP contribution >= 0.6 is 0 Å². The van der Waals surface area contributed by atoms with Crippen molar-refractivity contribution in [2.24, 2.45) is 0 Å². The summed E-state index contributed by atoms with van der Waals surface area (Å²) in [6, 6.07) is 0. The van der Waals surface area contributed by atoms with Crippen molar-refractivity contribution >= 4 is 25.2 Å². The van der Waals surface area contributed by atoms with Gasteiger partial charge in [-0.2, -0.15) is 0 Å². The Kier molecular flexibility index (Phi) is 287. The van der Waals surface area contributed by atoms with Gasteiger partial charge >= 0.3 is 0 Å². The molecule has 0 heterocycles. The Morgan fingerprint density at radius 1 is 0.500 bits per heavy atom. The van der Waals surface area contributed by atoms with E-state index < -0.39 is 0 Å². The van der Waals surface area contributed by atoms with E-state index in [2.05, 4.69) is 0 Å². The monoisotopic (exact) mass is 175 g/mol. The van der Waals surface area contributed by atoms with E-state index >= 15 is 0 Å². The van der Waals surface area contributed by atoms with Crippen LogP contribution < -0.4 is 0 Å². The van der Waals surface area contributed by atoms with Gasteiger partial charge in [-0.3, -0.25) is 0 Å². The molecule has 0 bridgehead atoms. The molecule has 0 aliphatic carbocycles. The van der Waals surface area contributed by atoms with Crippen LogP contribution in [0, 0.1) is 40.8 Å². The molecular weight excluding hydrogens is 177 g/mol. The van der Waals surface area contributed by atoms with Gasteiger partial charge in [0.1, 0.15) is 0 Å². The number of hydrogen-bond acceptors (Lipinski definition) is 0. The molecule has 0 N–H and O–H groups in total. The molecule has 0 aromatic carbocycles. The van der Waals surface area contributed by atoms with Gasteiger partial charge in [0.15, 0.2) is 0 Å². The first-order valence-electron chi connectivity index (χ1n) is 0. The zero-order chi connectivity index (χ0) is 0. The van der Waals surface area contributed by atoms with Crippen molar-refractivity contribution in [2.45, 2.75) is 0 Å². The molecule has 0 aliphatic rings. The van der Waals surface area contributed by atoms with Crippen LogP contribution in [0.1, 0.15) is 0 Å². The first-order valence-corrected chi connectivity index (χ1v) is 0. The molecule has 0 atom stereocenters. The Morgan fingerprint density at radius 3 is 0.500 bits per heavy atom. The minimum Gasteiger partial charge on any atom is 0 e. The van der Waals surface area contributed by atoms with E-state index in [9.17, 15) is 0 Å². The maximum Gasteiger partial charge on any atom is 0 e. The smallest absolute Gasteiger partial charge is 0 e. The SMILES string of the molecule is [B].[B].[B].[Nd]. The quantitative estimate of drug-likeness (QED) is 0.410. The third-order valence-electron chi connectivity index (χ3n) is 0. The van der Waals surface area contributed by atoms with E-state index in [1.807, 2.05) is 0 Å². The number of hydrogen-bond donors (Lipinski definition) is 0. The van der Waals surface area contributed by atoms with Crippen molar-refractivity contribution in [3.8, 4) is 0 Å². The molecule has 0 aromatic heterocycles. The van der Waals surface area contributed by atoms with Gasteiger partial charge in [-0.25, -0.2) is 0 Å². The van der Waals surface area contributed by atoms with Crippen LogP contribution in [0.25, 0.3) is 0 Å².